The van der Waals surface area contributed by atoms with Crippen LogP contribution in [-0.4, -0.2) is 43.6 Å². The quantitative estimate of drug-likeness (QED) is 0.488. The Hall–Kier alpha value is -1.14. The summed E-state index contributed by atoms with van der Waals surface area (Å²) in [4.78, 5) is 25.3. The van der Waals surface area contributed by atoms with E-state index in [1.54, 1.807) is 0 Å². The summed E-state index contributed by atoms with van der Waals surface area (Å²) in [6, 6.07) is 0. The molecule has 2 aliphatic rings. The SMILES string of the molecule is CC1CCC(C(C)C)C([C@](O)(C(=O)O)[C@@](O)(C(=O)O)C2CC(C)CCC2C(C)C)C1. The maximum absolute atomic E-state index is 12.7. The molecule has 2 fully saturated rings. The Balaban J connectivity index is 2.68. The molecule has 0 aromatic rings. The van der Waals surface area contributed by atoms with Gasteiger partial charge in [-0.25, -0.2) is 9.59 Å². The van der Waals surface area contributed by atoms with Crippen LogP contribution in [0.5, 0.6) is 0 Å². The van der Waals surface area contributed by atoms with Crippen LogP contribution in [0.1, 0.15) is 80.1 Å². The molecule has 0 aromatic heterocycles. The van der Waals surface area contributed by atoms with Gasteiger partial charge in [-0.2, -0.15) is 0 Å². The highest BCUT2D eigenvalue weighted by molar-refractivity contribution is 5.91. The van der Waals surface area contributed by atoms with E-state index in [-0.39, 0.29) is 35.5 Å². The Morgan fingerprint density at radius 2 is 1.00 bits per heavy atom. The lowest BCUT2D eigenvalue weighted by Crippen LogP contribution is -2.73. The molecule has 0 aromatic carbocycles. The van der Waals surface area contributed by atoms with Gasteiger partial charge in [-0.1, -0.05) is 54.4 Å². The van der Waals surface area contributed by atoms with Crippen LogP contribution < -0.4 is 0 Å². The summed E-state index contributed by atoms with van der Waals surface area (Å²) in [6.07, 6.45) is 4.07. The number of hydrogen-bond acceptors (Lipinski definition) is 4. The number of hydrogen-bond donors (Lipinski definition) is 4. The lowest BCUT2D eigenvalue weighted by atomic mass is 9.53. The van der Waals surface area contributed by atoms with Crippen molar-refractivity contribution in [3.8, 4) is 0 Å². The third kappa shape index (κ3) is 4.14. The first-order chi connectivity index (χ1) is 13.8. The highest BCUT2D eigenvalue weighted by Crippen LogP contribution is 2.53. The highest BCUT2D eigenvalue weighted by Gasteiger charge is 2.70. The van der Waals surface area contributed by atoms with Crippen LogP contribution in [0.3, 0.4) is 0 Å². The third-order valence-corrected chi connectivity index (χ3v) is 8.35. The predicted molar refractivity (Wildman–Crippen MR) is 115 cm³/mol. The molecule has 4 N–H and O–H groups in total. The second kappa shape index (κ2) is 9.15. The van der Waals surface area contributed by atoms with Crippen LogP contribution in [0.15, 0.2) is 0 Å². The molecule has 6 nitrogen and oxygen atoms in total. The van der Waals surface area contributed by atoms with E-state index in [2.05, 4.69) is 0 Å². The fourth-order valence-electron chi connectivity index (χ4n) is 6.57. The van der Waals surface area contributed by atoms with E-state index in [0.717, 1.165) is 25.7 Å². The van der Waals surface area contributed by atoms with Gasteiger partial charge in [-0.15, -0.1) is 0 Å². The zero-order chi connectivity index (χ0) is 23.0. The number of carbonyl (C=O) groups is 2. The molecule has 2 rings (SSSR count). The largest absolute Gasteiger partial charge is 0.479 e. The second-order valence-electron chi connectivity index (χ2n) is 11.0. The van der Waals surface area contributed by atoms with E-state index in [1.807, 2.05) is 41.5 Å². The maximum atomic E-state index is 12.7. The molecule has 0 radical (unpaired) electrons. The zero-order valence-corrected chi connectivity index (χ0v) is 19.5. The number of rotatable bonds is 7. The first kappa shape index (κ1) is 25.1. The zero-order valence-electron chi connectivity index (χ0n) is 19.5. The van der Waals surface area contributed by atoms with Gasteiger partial charge in [0.15, 0.2) is 0 Å². The van der Waals surface area contributed by atoms with Crippen molar-refractivity contribution in [1.82, 2.24) is 0 Å². The van der Waals surface area contributed by atoms with E-state index in [4.69, 9.17) is 0 Å². The van der Waals surface area contributed by atoms with Gasteiger partial charge >= 0.3 is 11.9 Å². The Morgan fingerprint density at radius 1 is 0.700 bits per heavy atom. The summed E-state index contributed by atoms with van der Waals surface area (Å²) in [5.41, 5.74) is -5.48. The molecule has 0 aliphatic heterocycles. The fourth-order valence-corrected chi connectivity index (χ4v) is 6.57. The molecule has 0 amide bonds. The van der Waals surface area contributed by atoms with Crippen molar-refractivity contribution in [2.75, 3.05) is 0 Å². The fraction of sp³-hybridized carbons (Fsp3) is 0.917. The minimum atomic E-state index is -2.74. The van der Waals surface area contributed by atoms with Crippen LogP contribution >= 0.6 is 0 Å². The van der Waals surface area contributed by atoms with E-state index >= 15 is 0 Å². The number of aliphatic hydroxyl groups is 2. The predicted octanol–water partition coefficient (Wildman–Crippen LogP) is 4.03. The molecule has 0 bridgehead atoms. The van der Waals surface area contributed by atoms with Gasteiger partial charge in [-0.3, -0.25) is 0 Å². The Bertz CT molecular complexity index is 577. The minimum Gasteiger partial charge on any atom is -0.479 e. The average Bonchev–Trinajstić information content (AvgIpc) is 2.65. The molecule has 30 heavy (non-hydrogen) atoms. The maximum Gasteiger partial charge on any atom is 0.339 e. The molecular formula is C24H42O6. The standard InChI is InChI=1S/C24H42O6/c1-13(2)17-9-7-15(5)11-19(17)23(29,21(25)26)24(30,22(27)28)20-12-16(6)8-10-18(20)14(3)4/h13-20,29-30H,7-12H2,1-6H3,(H,25,26)(H,27,28)/t15?,16?,17?,18?,19?,20?,23-,24-/m0/s1. The molecule has 2 saturated carbocycles. The Kier molecular flexibility index (Phi) is 7.67. The van der Waals surface area contributed by atoms with Crippen LogP contribution in [-0.2, 0) is 9.59 Å². The molecule has 0 heterocycles. The summed E-state index contributed by atoms with van der Waals surface area (Å²) in [6.45, 7) is 11.9. The van der Waals surface area contributed by atoms with Gasteiger partial charge in [0.2, 0.25) is 11.2 Å². The summed E-state index contributed by atoms with van der Waals surface area (Å²) in [5.74, 6) is -4.68. The van der Waals surface area contributed by atoms with Crippen molar-refractivity contribution in [2.45, 2.75) is 91.3 Å². The normalized spacial score (nSPS) is 36.9. The summed E-state index contributed by atoms with van der Waals surface area (Å²) in [7, 11) is 0. The summed E-state index contributed by atoms with van der Waals surface area (Å²) in [5, 5.41) is 44.3. The molecule has 8 atom stereocenters. The smallest absolute Gasteiger partial charge is 0.339 e. The summed E-state index contributed by atoms with van der Waals surface area (Å²) < 4.78 is 0. The van der Waals surface area contributed by atoms with Crippen molar-refractivity contribution in [2.24, 2.45) is 47.3 Å². The van der Waals surface area contributed by atoms with Crippen molar-refractivity contribution in [3.05, 3.63) is 0 Å². The van der Waals surface area contributed by atoms with Crippen LogP contribution in [0.2, 0.25) is 0 Å². The highest BCUT2D eigenvalue weighted by atomic mass is 16.5. The number of aliphatic carboxylic acids is 2. The second-order valence-corrected chi connectivity index (χ2v) is 11.0. The topological polar surface area (TPSA) is 115 Å². The summed E-state index contributed by atoms with van der Waals surface area (Å²) >= 11 is 0. The van der Waals surface area contributed by atoms with E-state index in [9.17, 15) is 30.0 Å². The third-order valence-electron chi connectivity index (χ3n) is 8.35. The van der Waals surface area contributed by atoms with Crippen LogP contribution in [0.4, 0.5) is 0 Å². The van der Waals surface area contributed by atoms with Gasteiger partial charge in [0.1, 0.15) is 0 Å². The molecule has 174 valence electrons. The van der Waals surface area contributed by atoms with E-state index in [1.165, 1.54) is 0 Å². The minimum absolute atomic E-state index is 0.0811. The average molecular weight is 427 g/mol. The molecule has 6 unspecified atom stereocenters. The molecular weight excluding hydrogens is 384 g/mol. The molecule has 0 saturated heterocycles. The lowest BCUT2D eigenvalue weighted by Gasteiger charge is -2.54. The van der Waals surface area contributed by atoms with Gasteiger partial charge in [0, 0.05) is 11.8 Å². The van der Waals surface area contributed by atoms with Gasteiger partial charge in [0.05, 0.1) is 0 Å². The Morgan fingerprint density at radius 3 is 1.23 bits per heavy atom. The van der Waals surface area contributed by atoms with Crippen LogP contribution in [0.25, 0.3) is 0 Å². The molecule has 6 heteroatoms. The number of carboxylic acids is 2. The Labute approximate surface area is 181 Å². The number of carboxylic acid groups (broad SMARTS) is 2. The monoisotopic (exact) mass is 426 g/mol. The van der Waals surface area contributed by atoms with Crippen molar-refractivity contribution in [3.63, 3.8) is 0 Å². The van der Waals surface area contributed by atoms with Gasteiger partial charge in [-0.05, 0) is 61.2 Å². The molecule has 0 spiro atoms. The van der Waals surface area contributed by atoms with Crippen LogP contribution in [0, 0.1) is 47.3 Å². The first-order valence-corrected chi connectivity index (χ1v) is 11.7. The van der Waals surface area contributed by atoms with Crippen molar-refractivity contribution in [1.29, 1.82) is 0 Å². The van der Waals surface area contributed by atoms with E-state index in [0.29, 0.717) is 12.8 Å². The van der Waals surface area contributed by atoms with Crippen molar-refractivity contribution >= 4 is 11.9 Å². The molecule has 2 aliphatic carbocycles. The van der Waals surface area contributed by atoms with Gasteiger partial charge < -0.3 is 20.4 Å². The lowest BCUT2D eigenvalue weighted by molar-refractivity contribution is -0.249. The first-order valence-electron chi connectivity index (χ1n) is 11.7. The van der Waals surface area contributed by atoms with E-state index < -0.39 is 35.0 Å². The van der Waals surface area contributed by atoms with Crippen molar-refractivity contribution < 1.29 is 30.0 Å². The van der Waals surface area contributed by atoms with Gasteiger partial charge in [0.25, 0.3) is 0 Å².